The number of esters is 1. The Morgan fingerprint density at radius 3 is 1.84 bits per heavy atom. The number of aliphatic imine (C=N–C) groups is 1. The molecule has 0 fully saturated rings. The molecule has 0 aromatic heterocycles. The summed E-state index contributed by atoms with van der Waals surface area (Å²) in [5, 5.41) is 7.26. The molecular formula is C40H47N3O6. The van der Waals surface area contributed by atoms with Crippen LogP contribution in [0.3, 0.4) is 0 Å². The maximum absolute atomic E-state index is 12.7. The van der Waals surface area contributed by atoms with Crippen molar-refractivity contribution < 1.29 is 28.6 Å². The van der Waals surface area contributed by atoms with Gasteiger partial charge in [-0.1, -0.05) is 81.4 Å². The second-order valence-electron chi connectivity index (χ2n) is 14.8. The monoisotopic (exact) mass is 665 g/mol. The number of hydrogen-bond acceptors (Lipinski definition) is 7. The molecule has 0 spiro atoms. The SMILES string of the molecule is COC(=O)c1ccc(-c2ccc3c(-c4ccc(C(C)(C)C)cc4)cccc3c2)c(/C=N/C(NC(=O)OC(C)(C)C)NC(=O)OC(C)(C)C)c1. The molecule has 49 heavy (non-hydrogen) atoms. The Kier molecular flexibility index (Phi) is 10.9. The molecular weight excluding hydrogens is 618 g/mol. The minimum absolute atomic E-state index is 0.0637. The molecule has 0 atom stereocenters. The van der Waals surface area contributed by atoms with Gasteiger partial charge in [0.05, 0.1) is 12.7 Å². The van der Waals surface area contributed by atoms with Crippen LogP contribution in [0.15, 0.2) is 83.9 Å². The summed E-state index contributed by atoms with van der Waals surface area (Å²) < 4.78 is 15.7. The van der Waals surface area contributed by atoms with Gasteiger partial charge in [0.1, 0.15) is 11.2 Å². The van der Waals surface area contributed by atoms with E-state index < -0.39 is 35.6 Å². The fraction of sp³-hybridized carbons (Fsp3) is 0.350. The quantitative estimate of drug-likeness (QED) is 0.0881. The zero-order chi connectivity index (χ0) is 36.1. The van der Waals surface area contributed by atoms with Gasteiger partial charge in [-0.15, -0.1) is 0 Å². The van der Waals surface area contributed by atoms with Crippen molar-refractivity contribution in [2.24, 2.45) is 4.99 Å². The first-order valence-corrected chi connectivity index (χ1v) is 16.2. The molecule has 9 heteroatoms. The molecule has 0 aliphatic carbocycles. The van der Waals surface area contributed by atoms with E-state index in [4.69, 9.17) is 14.2 Å². The van der Waals surface area contributed by atoms with Gasteiger partial charge in [-0.2, -0.15) is 0 Å². The number of alkyl carbamates (subject to hydrolysis) is 2. The molecule has 0 unspecified atom stereocenters. The third kappa shape index (κ3) is 10.2. The van der Waals surface area contributed by atoms with Crippen molar-refractivity contribution in [3.8, 4) is 22.3 Å². The number of hydrogen-bond donors (Lipinski definition) is 2. The van der Waals surface area contributed by atoms with Crippen LogP contribution in [0.2, 0.25) is 0 Å². The number of nitrogens with one attached hydrogen (secondary N) is 2. The first-order chi connectivity index (χ1) is 22.8. The summed E-state index contributed by atoms with van der Waals surface area (Å²) in [6.07, 6.45) is -1.33. The molecule has 0 saturated carbocycles. The third-order valence-electron chi connectivity index (χ3n) is 7.40. The zero-order valence-electron chi connectivity index (χ0n) is 30.1. The van der Waals surface area contributed by atoms with Crippen molar-refractivity contribution in [2.45, 2.75) is 85.2 Å². The Balaban J connectivity index is 1.75. The second-order valence-corrected chi connectivity index (χ2v) is 14.8. The fourth-order valence-electron chi connectivity index (χ4n) is 5.13. The minimum atomic E-state index is -1.25. The van der Waals surface area contributed by atoms with Gasteiger partial charge in [-0.3, -0.25) is 10.6 Å². The van der Waals surface area contributed by atoms with E-state index in [1.165, 1.54) is 18.9 Å². The number of carbonyl (C=O) groups is 3. The van der Waals surface area contributed by atoms with Gasteiger partial charge >= 0.3 is 18.2 Å². The lowest BCUT2D eigenvalue weighted by Crippen LogP contribution is -2.49. The smallest absolute Gasteiger partial charge is 0.410 e. The molecule has 2 N–H and O–H groups in total. The average molecular weight is 666 g/mol. The minimum Gasteiger partial charge on any atom is -0.465 e. The molecule has 0 radical (unpaired) electrons. The van der Waals surface area contributed by atoms with Crippen LogP contribution in [-0.4, -0.2) is 49.0 Å². The van der Waals surface area contributed by atoms with Crippen LogP contribution in [0, 0.1) is 0 Å². The molecule has 2 amide bonds. The van der Waals surface area contributed by atoms with E-state index in [9.17, 15) is 14.4 Å². The van der Waals surface area contributed by atoms with Gasteiger partial charge < -0.3 is 14.2 Å². The van der Waals surface area contributed by atoms with Crippen LogP contribution < -0.4 is 10.6 Å². The van der Waals surface area contributed by atoms with E-state index in [1.807, 2.05) is 18.2 Å². The van der Waals surface area contributed by atoms with Gasteiger partial charge in [0, 0.05) is 11.8 Å². The summed E-state index contributed by atoms with van der Waals surface area (Å²) in [5.74, 6) is -0.517. The van der Waals surface area contributed by atoms with Crippen molar-refractivity contribution >= 4 is 35.1 Å². The van der Waals surface area contributed by atoms with Gasteiger partial charge in [0.15, 0.2) is 0 Å². The highest BCUT2D eigenvalue weighted by Gasteiger charge is 2.23. The van der Waals surface area contributed by atoms with Crippen molar-refractivity contribution in [1.29, 1.82) is 0 Å². The maximum atomic E-state index is 12.7. The van der Waals surface area contributed by atoms with E-state index in [-0.39, 0.29) is 5.41 Å². The summed E-state index contributed by atoms with van der Waals surface area (Å²) in [4.78, 5) is 42.3. The lowest BCUT2D eigenvalue weighted by molar-refractivity contribution is 0.0429. The Bertz CT molecular complexity index is 1830. The van der Waals surface area contributed by atoms with E-state index in [0.29, 0.717) is 11.1 Å². The molecule has 4 aromatic rings. The molecule has 4 rings (SSSR count). The van der Waals surface area contributed by atoms with Gasteiger partial charge in [0.2, 0.25) is 6.29 Å². The fourth-order valence-corrected chi connectivity index (χ4v) is 5.13. The summed E-state index contributed by atoms with van der Waals surface area (Å²) in [5.41, 5.74) is 4.54. The van der Waals surface area contributed by atoms with E-state index in [2.05, 4.69) is 84.9 Å². The molecule has 258 valence electrons. The standard InChI is InChI=1S/C40H47N3O6/c1-38(2,3)30-18-14-25(15-19-30)32-13-11-12-26-22-27(16-21-33(26)32)31-20-17-28(34(44)47-10)23-29(31)24-41-35(42-36(45)48-39(4,5)6)43-37(46)49-40(7,8)9/h11-24,35H,1-10H3,(H,42,45)(H,43,46)/b41-24+. The summed E-state index contributed by atoms with van der Waals surface area (Å²) in [6, 6.07) is 26.3. The molecule has 0 heterocycles. The van der Waals surface area contributed by atoms with Crippen molar-refractivity contribution in [1.82, 2.24) is 10.6 Å². The number of benzene rings is 4. The summed E-state index contributed by atoms with van der Waals surface area (Å²) >= 11 is 0. The topological polar surface area (TPSA) is 115 Å². The lowest BCUT2D eigenvalue weighted by Gasteiger charge is -2.24. The average Bonchev–Trinajstić information content (AvgIpc) is 3.00. The van der Waals surface area contributed by atoms with Gasteiger partial charge in [-0.25, -0.2) is 19.4 Å². The van der Waals surface area contributed by atoms with Crippen molar-refractivity contribution in [3.63, 3.8) is 0 Å². The van der Waals surface area contributed by atoms with Crippen molar-refractivity contribution in [2.75, 3.05) is 7.11 Å². The molecule has 0 saturated heterocycles. The summed E-state index contributed by atoms with van der Waals surface area (Å²) in [6.45, 7) is 17.0. The molecule has 0 bridgehead atoms. The van der Waals surface area contributed by atoms with Crippen LogP contribution in [-0.2, 0) is 19.6 Å². The predicted molar refractivity (Wildman–Crippen MR) is 195 cm³/mol. The number of fused-ring (bicyclic) bond motifs is 1. The second kappa shape index (κ2) is 14.5. The van der Waals surface area contributed by atoms with E-state index in [0.717, 1.165) is 33.0 Å². The number of amides is 2. The molecule has 4 aromatic carbocycles. The van der Waals surface area contributed by atoms with Crippen LogP contribution in [0.4, 0.5) is 9.59 Å². The molecule has 9 nitrogen and oxygen atoms in total. The maximum Gasteiger partial charge on any atom is 0.410 e. The van der Waals surface area contributed by atoms with Crippen LogP contribution >= 0.6 is 0 Å². The Hall–Kier alpha value is -5.18. The van der Waals surface area contributed by atoms with Crippen LogP contribution in [0.5, 0.6) is 0 Å². The van der Waals surface area contributed by atoms with E-state index >= 15 is 0 Å². The first-order valence-electron chi connectivity index (χ1n) is 16.2. The third-order valence-corrected chi connectivity index (χ3v) is 7.40. The largest absolute Gasteiger partial charge is 0.465 e. The number of nitrogens with zero attached hydrogens (tertiary/aromatic N) is 1. The molecule has 0 aliphatic rings. The normalized spacial score (nSPS) is 12.2. The van der Waals surface area contributed by atoms with Gasteiger partial charge in [-0.05, 0) is 104 Å². The zero-order valence-corrected chi connectivity index (χ0v) is 30.1. The Morgan fingerprint density at radius 2 is 1.29 bits per heavy atom. The highest BCUT2D eigenvalue weighted by molar-refractivity contribution is 6.01. The van der Waals surface area contributed by atoms with Gasteiger partial charge in [0.25, 0.3) is 0 Å². The van der Waals surface area contributed by atoms with Crippen LogP contribution in [0.25, 0.3) is 33.0 Å². The van der Waals surface area contributed by atoms with Crippen LogP contribution in [0.1, 0.15) is 83.8 Å². The Morgan fingerprint density at radius 1 is 0.694 bits per heavy atom. The highest BCUT2D eigenvalue weighted by atomic mass is 16.6. The Labute approximate surface area is 289 Å². The predicted octanol–water partition coefficient (Wildman–Crippen LogP) is 9.01. The van der Waals surface area contributed by atoms with Crippen molar-refractivity contribution in [3.05, 3.63) is 95.6 Å². The summed E-state index contributed by atoms with van der Waals surface area (Å²) in [7, 11) is 1.31. The number of ether oxygens (including phenoxy) is 3. The lowest BCUT2D eigenvalue weighted by atomic mass is 9.86. The highest BCUT2D eigenvalue weighted by Crippen LogP contribution is 2.34. The van der Waals surface area contributed by atoms with E-state index in [1.54, 1.807) is 53.7 Å². The number of carbonyl (C=O) groups excluding carboxylic acids is 3. The number of rotatable bonds is 7. The molecule has 0 aliphatic heterocycles. The number of methoxy groups -OCH3 is 1. The first kappa shape index (κ1) is 36.7.